The van der Waals surface area contributed by atoms with E-state index in [2.05, 4.69) is 5.10 Å². The van der Waals surface area contributed by atoms with E-state index in [9.17, 15) is 4.79 Å². The molecular formula is C17H27ClN2O2S. The third kappa shape index (κ3) is 4.97. The fourth-order valence-corrected chi connectivity index (χ4v) is 4.38. The zero-order valence-electron chi connectivity index (χ0n) is 14.5. The van der Waals surface area contributed by atoms with Crippen molar-refractivity contribution in [1.82, 2.24) is 9.78 Å². The first-order chi connectivity index (χ1) is 10.8. The molecule has 1 aliphatic carbocycles. The summed E-state index contributed by atoms with van der Waals surface area (Å²) in [6.07, 6.45) is 6.65. The van der Waals surface area contributed by atoms with Crippen LogP contribution in [0.5, 0.6) is 0 Å². The highest BCUT2D eigenvalue weighted by Gasteiger charge is 2.23. The molecule has 0 bridgehead atoms. The molecule has 1 heterocycles. The van der Waals surface area contributed by atoms with Crippen LogP contribution in [0.2, 0.25) is 5.02 Å². The molecule has 2 rings (SSSR count). The van der Waals surface area contributed by atoms with Gasteiger partial charge in [-0.3, -0.25) is 4.79 Å². The summed E-state index contributed by atoms with van der Waals surface area (Å²) >= 11 is 7.94. The molecule has 23 heavy (non-hydrogen) atoms. The molecule has 1 aromatic heterocycles. The van der Waals surface area contributed by atoms with Crippen molar-refractivity contribution in [2.75, 3.05) is 19.5 Å². The molecule has 1 aromatic rings. The van der Waals surface area contributed by atoms with Gasteiger partial charge in [0, 0.05) is 19.5 Å². The second-order valence-electron chi connectivity index (χ2n) is 7.36. The van der Waals surface area contributed by atoms with Crippen molar-refractivity contribution in [3.05, 3.63) is 21.6 Å². The van der Waals surface area contributed by atoms with E-state index in [0.29, 0.717) is 16.9 Å². The van der Waals surface area contributed by atoms with Crippen LogP contribution in [-0.2, 0) is 10.3 Å². The molecule has 1 aliphatic rings. The Labute approximate surface area is 147 Å². The zero-order valence-corrected chi connectivity index (χ0v) is 16.0. The van der Waals surface area contributed by atoms with Crippen LogP contribution in [0.1, 0.15) is 46.5 Å². The van der Waals surface area contributed by atoms with Crippen molar-refractivity contribution in [1.29, 1.82) is 0 Å². The minimum atomic E-state index is -0.357. The summed E-state index contributed by atoms with van der Waals surface area (Å²) in [5.41, 5.74) is -0.558. The molecule has 1 saturated carbocycles. The Hall–Kier alpha value is -0.520. The predicted molar refractivity (Wildman–Crippen MR) is 96.6 cm³/mol. The van der Waals surface area contributed by atoms with E-state index in [-0.39, 0.29) is 11.1 Å². The van der Waals surface area contributed by atoms with E-state index in [1.807, 2.05) is 20.8 Å². The number of ether oxygens (including phenoxy) is 1. The lowest BCUT2D eigenvalue weighted by molar-refractivity contribution is 0.122. The standard InChI is InChI=1S/C17H27ClN2O2S/c1-17(2,3)20-16(21)15(18)14(9-19-20)23-11-13-7-5-12(6-8-13)10-22-4/h9,12-13H,5-8,10-11H2,1-4H3. The summed E-state index contributed by atoms with van der Waals surface area (Å²) in [5.74, 6) is 2.40. The molecule has 0 atom stereocenters. The van der Waals surface area contributed by atoms with Gasteiger partial charge in [0.25, 0.3) is 5.56 Å². The Morgan fingerprint density at radius 2 is 1.91 bits per heavy atom. The second kappa shape index (κ2) is 8.04. The van der Waals surface area contributed by atoms with E-state index in [1.54, 1.807) is 25.1 Å². The molecule has 130 valence electrons. The van der Waals surface area contributed by atoms with Gasteiger partial charge in [0.1, 0.15) is 5.02 Å². The molecule has 1 fully saturated rings. The molecule has 0 aliphatic heterocycles. The highest BCUT2D eigenvalue weighted by molar-refractivity contribution is 7.99. The summed E-state index contributed by atoms with van der Waals surface area (Å²) in [6, 6.07) is 0. The highest BCUT2D eigenvalue weighted by Crippen LogP contribution is 2.34. The fourth-order valence-electron chi connectivity index (χ4n) is 3.00. The number of nitrogens with zero attached hydrogens (tertiary/aromatic N) is 2. The van der Waals surface area contributed by atoms with Crippen LogP contribution in [0.4, 0.5) is 0 Å². The minimum Gasteiger partial charge on any atom is -0.384 e. The van der Waals surface area contributed by atoms with Gasteiger partial charge in [-0.25, -0.2) is 4.68 Å². The Morgan fingerprint density at radius 3 is 2.48 bits per heavy atom. The van der Waals surface area contributed by atoms with Crippen molar-refractivity contribution in [2.24, 2.45) is 11.8 Å². The summed E-state index contributed by atoms with van der Waals surface area (Å²) in [5, 5.41) is 4.59. The first-order valence-electron chi connectivity index (χ1n) is 8.23. The first kappa shape index (κ1) is 18.8. The summed E-state index contributed by atoms with van der Waals surface area (Å²) in [4.78, 5) is 13.1. The van der Waals surface area contributed by atoms with Crippen LogP contribution < -0.4 is 5.56 Å². The van der Waals surface area contributed by atoms with Gasteiger partial charge >= 0.3 is 0 Å². The predicted octanol–water partition coefficient (Wildman–Crippen LogP) is 4.20. The average Bonchev–Trinajstić information content (AvgIpc) is 2.49. The topological polar surface area (TPSA) is 44.1 Å². The maximum atomic E-state index is 12.3. The smallest absolute Gasteiger partial charge is 0.287 e. The number of halogens is 1. The third-order valence-corrected chi connectivity index (χ3v) is 6.10. The molecule has 4 nitrogen and oxygen atoms in total. The lowest BCUT2D eigenvalue weighted by Crippen LogP contribution is -2.36. The molecule has 6 heteroatoms. The van der Waals surface area contributed by atoms with Crippen LogP contribution in [0, 0.1) is 11.8 Å². The third-order valence-electron chi connectivity index (χ3n) is 4.37. The van der Waals surface area contributed by atoms with Crippen molar-refractivity contribution in [3.8, 4) is 0 Å². The van der Waals surface area contributed by atoms with Gasteiger partial charge in [-0.1, -0.05) is 11.6 Å². The Kier molecular flexibility index (Phi) is 6.57. The Morgan fingerprint density at radius 1 is 1.30 bits per heavy atom. The highest BCUT2D eigenvalue weighted by atomic mass is 35.5. The van der Waals surface area contributed by atoms with Gasteiger partial charge in [-0.2, -0.15) is 5.10 Å². The number of rotatable bonds is 5. The number of aromatic nitrogens is 2. The second-order valence-corrected chi connectivity index (χ2v) is 8.80. The minimum absolute atomic E-state index is 0.201. The van der Waals surface area contributed by atoms with E-state index < -0.39 is 0 Å². The molecule has 0 radical (unpaired) electrons. The quantitative estimate of drug-likeness (QED) is 0.740. The Balaban J connectivity index is 1.95. The van der Waals surface area contributed by atoms with Gasteiger partial charge in [-0.15, -0.1) is 11.8 Å². The van der Waals surface area contributed by atoms with Crippen LogP contribution in [0.25, 0.3) is 0 Å². The largest absolute Gasteiger partial charge is 0.384 e. The van der Waals surface area contributed by atoms with Gasteiger partial charge in [0.15, 0.2) is 0 Å². The van der Waals surface area contributed by atoms with Crippen LogP contribution in [0.15, 0.2) is 15.9 Å². The lowest BCUT2D eigenvalue weighted by atomic mass is 9.83. The number of hydrogen-bond acceptors (Lipinski definition) is 4. The average molecular weight is 359 g/mol. The molecule has 0 aromatic carbocycles. The van der Waals surface area contributed by atoms with Crippen molar-refractivity contribution >= 4 is 23.4 Å². The van der Waals surface area contributed by atoms with E-state index in [0.717, 1.165) is 17.3 Å². The normalized spacial score (nSPS) is 22.3. The van der Waals surface area contributed by atoms with Crippen molar-refractivity contribution in [2.45, 2.75) is 56.9 Å². The molecule has 0 spiro atoms. The van der Waals surface area contributed by atoms with E-state index >= 15 is 0 Å². The van der Waals surface area contributed by atoms with Gasteiger partial charge in [0.05, 0.1) is 16.6 Å². The SMILES string of the molecule is COCC1CCC(CSc2cnn(C(C)(C)C)c(=O)c2Cl)CC1. The van der Waals surface area contributed by atoms with Crippen molar-refractivity contribution in [3.63, 3.8) is 0 Å². The maximum absolute atomic E-state index is 12.3. The van der Waals surface area contributed by atoms with Crippen LogP contribution in [-0.4, -0.2) is 29.3 Å². The monoisotopic (exact) mass is 358 g/mol. The summed E-state index contributed by atoms with van der Waals surface area (Å²) < 4.78 is 6.70. The van der Waals surface area contributed by atoms with E-state index in [4.69, 9.17) is 16.3 Å². The molecule has 0 unspecified atom stereocenters. The Bertz CT molecular complexity index is 575. The fraction of sp³-hybridized carbons (Fsp3) is 0.765. The molecule has 0 amide bonds. The number of methoxy groups -OCH3 is 1. The molecule has 0 saturated heterocycles. The molecule has 0 N–H and O–H groups in total. The number of thioether (sulfide) groups is 1. The zero-order chi connectivity index (χ0) is 17.0. The van der Waals surface area contributed by atoms with E-state index in [1.165, 1.54) is 30.4 Å². The van der Waals surface area contributed by atoms with Crippen LogP contribution >= 0.6 is 23.4 Å². The van der Waals surface area contributed by atoms with Crippen LogP contribution in [0.3, 0.4) is 0 Å². The van der Waals surface area contributed by atoms with Gasteiger partial charge < -0.3 is 4.74 Å². The molecular weight excluding hydrogens is 332 g/mol. The van der Waals surface area contributed by atoms with Crippen molar-refractivity contribution < 1.29 is 4.74 Å². The lowest BCUT2D eigenvalue weighted by Gasteiger charge is -2.27. The number of hydrogen-bond donors (Lipinski definition) is 0. The van der Waals surface area contributed by atoms with Gasteiger partial charge in [-0.05, 0) is 58.3 Å². The summed E-state index contributed by atoms with van der Waals surface area (Å²) in [7, 11) is 1.77. The van der Waals surface area contributed by atoms with Gasteiger partial charge in [0.2, 0.25) is 0 Å². The first-order valence-corrected chi connectivity index (χ1v) is 9.59. The maximum Gasteiger partial charge on any atom is 0.287 e. The summed E-state index contributed by atoms with van der Waals surface area (Å²) in [6.45, 7) is 6.72.